The van der Waals surface area contributed by atoms with E-state index in [0.717, 1.165) is 0 Å². The molecule has 0 spiro atoms. The van der Waals surface area contributed by atoms with E-state index < -0.39 is 5.41 Å². The topological polar surface area (TPSA) is 52.3 Å². The van der Waals surface area contributed by atoms with Crippen molar-refractivity contribution in [2.75, 3.05) is 13.2 Å². The predicted molar refractivity (Wildman–Crippen MR) is 60.6 cm³/mol. The van der Waals surface area contributed by atoms with Gasteiger partial charge in [-0.3, -0.25) is 4.79 Å². The number of hydrogen-bond acceptors (Lipinski definition) is 4. The molecule has 1 fully saturated rings. The summed E-state index contributed by atoms with van der Waals surface area (Å²) in [6, 6.07) is 1.49. The maximum absolute atomic E-state index is 12.2. The number of Topliss-reactive ketones (excluding diaryl/α,β-unsaturated/α-hetero) is 1. The van der Waals surface area contributed by atoms with E-state index in [1.165, 1.54) is 11.3 Å². The summed E-state index contributed by atoms with van der Waals surface area (Å²) in [6.07, 6.45) is 0. The molecule has 15 heavy (non-hydrogen) atoms. The molecule has 3 nitrogen and oxygen atoms in total. The molecule has 0 radical (unpaired) electrons. The van der Waals surface area contributed by atoms with Gasteiger partial charge in [-0.1, -0.05) is 11.6 Å². The van der Waals surface area contributed by atoms with Crippen LogP contribution in [0.4, 0.5) is 0 Å². The molecule has 1 aliphatic heterocycles. The highest BCUT2D eigenvalue weighted by molar-refractivity contribution is 7.14. The fraction of sp³-hybridized carbons (Fsp3) is 0.500. The first-order valence-corrected chi connectivity index (χ1v) is 5.92. The average Bonchev–Trinajstić information content (AvgIpc) is 2.75. The van der Waals surface area contributed by atoms with Gasteiger partial charge in [0.1, 0.15) is 4.34 Å². The molecule has 2 rings (SSSR count). The zero-order valence-corrected chi connectivity index (χ0v) is 9.90. The lowest BCUT2D eigenvalue weighted by Crippen LogP contribution is -2.44. The van der Waals surface area contributed by atoms with Crippen molar-refractivity contribution in [3.8, 4) is 0 Å². The van der Waals surface area contributed by atoms with Crippen LogP contribution in [0.1, 0.15) is 17.3 Å². The second-order valence-electron chi connectivity index (χ2n) is 3.98. The normalized spacial score (nSPS) is 30.7. The number of nitrogens with two attached hydrogens (primary N) is 1. The number of ether oxygens (including phenoxy) is 1. The van der Waals surface area contributed by atoms with Crippen LogP contribution in [0.15, 0.2) is 11.4 Å². The summed E-state index contributed by atoms with van der Waals surface area (Å²) >= 11 is 7.29. The number of ketones is 1. The molecule has 2 N–H and O–H groups in total. The van der Waals surface area contributed by atoms with Crippen molar-refractivity contribution in [2.24, 2.45) is 11.1 Å². The SMILES string of the molecule is CC1(C(=O)c2ccsc2Cl)COCC1N. The summed E-state index contributed by atoms with van der Waals surface area (Å²) < 4.78 is 5.77. The smallest absolute Gasteiger partial charge is 0.175 e. The lowest BCUT2D eigenvalue weighted by atomic mass is 9.79. The molecule has 0 bridgehead atoms. The first kappa shape index (κ1) is 11.1. The van der Waals surface area contributed by atoms with Gasteiger partial charge in [0.05, 0.1) is 18.6 Å². The van der Waals surface area contributed by atoms with Crippen molar-refractivity contribution in [2.45, 2.75) is 13.0 Å². The van der Waals surface area contributed by atoms with Crippen LogP contribution in [-0.2, 0) is 4.74 Å². The van der Waals surface area contributed by atoms with Gasteiger partial charge in [-0.15, -0.1) is 11.3 Å². The molecular formula is C10H12ClNO2S. The van der Waals surface area contributed by atoms with Crippen LogP contribution in [0, 0.1) is 5.41 Å². The van der Waals surface area contributed by atoms with Crippen LogP contribution in [-0.4, -0.2) is 25.0 Å². The summed E-state index contributed by atoms with van der Waals surface area (Å²) in [4.78, 5) is 12.2. The van der Waals surface area contributed by atoms with E-state index in [1.807, 2.05) is 6.92 Å². The summed E-state index contributed by atoms with van der Waals surface area (Å²) in [5.41, 5.74) is 5.81. The highest BCUT2D eigenvalue weighted by atomic mass is 35.5. The fourth-order valence-electron chi connectivity index (χ4n) is 1.69. The van der Waals surface area contributed by atoms with E-state index in [2.05, 4.69) is 0 Å². The van der Waals surface area contributed by atoms with Crippen LogP contribution < -0.4 is 5.73 Å². The summed E-state index contributed by atoms with van der Waals surface area (Å²) in [5.74, 6) is -0.0150. The maximum atomic E-state index is 12.2. The Morgan fingerprint density at radius 1 is 1.80 bits per heavy atom. The van der Waals surface area contributed by atoms with E-state index in [-0.39, 0.29) is 11.8 Å². The minimum atomic E-state index is -0.634. The summed E-state index contributed by atoms with van der Waals surface area (Å²) in [5, 5.41) is 1.81. The Balaban J connectivity index is 2.32. The first-order chi connectivity index (χ1) is 7.05. The van der Waals surface area contributed by atoms with Gasteiger partial charge in [0.2, 0.25) is 0 Å². The van der Waals surface area contributed by atoms with Gasteiger partial charge in [-0.25, -0.2) is 0 Å². The third-order valence-corrected chi connectivity index (χ3v) is 4.07. The van der Waals surface area contributed by atoms with Gasteiger partial charge < -0.3 is 10.5 Å². The Hall–Kier alpha value is -0.420. The number of thiophene rings is 1. The Morgan fingerprint density at radius 3 is 3.00 bits per heavy atom. The van der Waals surface area contributed by atoms with Gasteiger partial charge in [0, 0.05) is 11.6 Å². The molecule has 1 aromatic rings. The molecule has 2 unspecified atom stereocenters. The molecule has 1 saturated heterocycles. The lowest BCUT2D eigenvalue weighted by Gasteiger charge is -2.24. The van der Waals surface area contributed by atoms with Crippen molar-refractivity contribution in [1.29, 1.82) is 0 Å². The molecule has 2 heterocycles. The molecule has 0 saturated carbocycles. The lowest BCUT2D eigenvalue weighted by molar-refractivity contribution is 0.0768. The molecule has 82 valence electrons. The van der Waals surface area contributed by atoms with Crippen molar-refractivity contribution < 1.29 is 9.53 Å². The number of halogens is 1. The standard InChI is InChI=1S/C10H12ClNO2S/c1-10(5-14-4-7(10)12)8(13)6-2-3-15-9(6)11/h2-3,7H,4-5,12H2,1H3. The van der Waals surface area contributed by atoms with Crippen LogP contribution in [0.5, 0.6) is 0 Å². The van der Waals surface area contributed by atoms with Gasteiger partial charge in [0.25, 0.3) is 0 Å². The zero-order valence-electron chi connectivity index (χ0n) is 8.33. The summed E-state index contributed by atoms with van der Waals surface area (Å²) in [7, 11) is 0. The van der Waals surface area contributed by atoms with Gasteiger partial charge in [-0.05, 0) is 18.4 Å². The largest absolute Gasteiger partial charge is 0.379 e. The van der Waals surface area contributed by atoms with Crippen molar-refractivity contribution in [3.05, 3.63) is 21.3 Å². The molecule has 0 amide bonds. The quantitative estimate of drug-likeness (QED) is 0.811. The van der Waals surface area contributed by atoms with Gasteiger partial charge >= 0.3 is 0 Å². The molecule has 0 aromatic carbocycles. The van der Waals surface area contributed by atoms with Crippen molar-refractivity contribution in [1.82, 2.24) is 0 Å². The number of carbonyl (C=O) groups is 1. The van der Waals surface area contributed by atoms with E-state index >= 15 is 0 Å². The van der Waals surface area contributed by atoms with E-state index in [1.54, 1.807) is 11.4 Å². The maximum Gasteiger partial charge on any atom is 0.175 e. The first-order valence-electron chi connectivity index (χ1n) is 4.67. The van der Waals surface area contributed by atoms with E-state index in [4.69, 9.17) is 22.1 Å². The van der Waals surface area contributed by atoms with Crippen LogP contribution in [0.2, 0.25) is 4.34 Å². The molecule has 1 aromatic heterocycles. The highest BCUT2D eigenvalue weighted by Crippen LogP contribution is 2.35. The monoisotopic (exact) mass is 245 g/mol. The van der Waals surface area contributed by atoms with E-state index in [9.17, 15) is 4.79 Å². The average molecular weight is 246 g/mol. The molecule has 5 heteroatoms. The zero-order chi connectivity index (χ0) is 11.1. The Bertz CT molecular complexity index is 393. The second-order valence-corrected chi connectivity index (χ2v) is 5.49. The van der Waals surface area contributed by atoms with E-state index in [0.29, 0.717) is 23.1 Å². The Kier molecular flexibility index (Phi) is 2.85. The van der Waals surface area contributed by atoms with Crippen molar-refractivity contribution >= 4 is 28.7 Å². The van der Waals surface area contributed by atoms with Gasteiger partial charge in [0.15, 0.2) is 5.78 Å². The minimum Gasteiger partial charge on any atom is -0.379 e. The fourth-order valence-corrected chi connectivity index (χ4v) is 2.60. The predicted octanol–water partition coefficient (Wildman–Crippen LogP) is 1.95. The van der Waals surface area contributed by atoms with Crippen LogP contribution in [0.3, 0.4) is 0 Å². The number of hydrogen-bond donors (Lipinski definition) is 1. The van der Waals surface area contributed by atoms with Crippen LogP contribution >= 0.6 is 22.9 Å². The highest BCUT2D eigenvalue weighted by Gasteiger charge is 2.45. The molecular weight excluding hydrogens is 234 g/mol. The third-order valence-electron chi connectivity index (χ3n) is 2.90. The molecule has 2 atom stereocenters. The summed E-state index contributed by atoms with van der Waals surface area (Å²) in [6.45, 7) is 2.64. The number of carbonyl (C=O) groups excluding carboxylic acids is 1. The minimum absolute atomic E-state index is 0.0150. The molecule has 0 aliphatic carbocycles. The Labute approximate surface area is 97.2 Å². The van der Waals surface area contributed by atoms with Gasteiger partial charge in [-0.2, -0.15) is 0 Å². The molecule has 1 aliphatic rings. The van der Waals surface area contributed by atoms with Crippen molar-refractivity contribution in [3.63, 3.8) is 0 Å². The number of rotatable bonds is 2. The second kappa shape index (κ2) is 3.87. The Morgan fingerprint density at radius 2 is 2.53 bits per heavy atom. The van der Waals surface area contributed by atoms with Crippen LogP contribution in [0.25, 0.3) is 0 Å². The third kappa shape index (κ3) is 1.72.